The maximum atomic E-state index is 12.6. The first kappa shape index (κ1) is 16.0. The van der Waals surface area contributed by atoms with Crippen molar-refractivity contribution in [2.45, 2.75) is 31.2 Å². The fourth-order valence-corrected chi connectivity index (χ4v) is 4.37. The minimum absolute atomic E-state index is 0.188. The highest BCUT2D eigenvalue weighted by Crippen LogP contribution is 2.20. The van der Waals surface area contributed by atoms with Crippen LogP contribution in [-0.2, 0) is 16.6 Å². The number of rotatable bonds is 4. The van der Waals surface area contributed by atoms with Gasteiger partial charge in [0.2, 0.25) is 10.0 Å². The number of benzene rings is 1. The molecule has 0 unspecified atom stereocenters. The van der Waals surface area contributed by atoms with Crippen LogP contribution in [0, 0.1) is 6.92 Å². The number of hydrogen-bond acceptors (Lipinski definition) is 3. The summed E-state index contributed by atoms with van der Waals surface area (Å²) in [5, 5.41) is 0. The van der Waals surface area contributed by atoms with Gasteiger partial charge in [-0.15, -0.1) is 0 Å². The highest BCUT2D eigenvalue weighted by Gasteiger charge is 2.27. The van der Waals surface area contributed by atoms with Gasteiger partial charge in [0.15, 0.2) is 0 Å². The van der Waals surface area contributed by atoms with E-state index in [1.54, 1.807) is 0 Å². The maximum absolute atomic E-state index is 12.6. The minimum Gasteiger partial charge on any atom is -0.310 e. The highest BCUT2D eigenvalue weighted by atomic mass is 32.2. The van der Waals surface area contributed by atoms with E-state index in [0.717, 1.165) is 24.0 Å². The molecule has 3 rings (SSSR count). The summed E-state index contributed by atoms with van der Waals surface area (Å²) in [4.78, 5) is 12.3. The molecule has 2 heterocycles. The topological polar surface area (TPSA) is 59.4 Å². The van der Waals surface area contributed by atoms with E-state index in [9.17, 15) is 13.2 Å². The molecule has 6 heteroatoms. The van der Waals surface area contributed by atoms with Crippen LogP contribution in [0.15, 0.2) is 52.3 Å². The van der Waals surface area contributed by atoms with E-state index in [2.05, 4.69) is 0 Å². The lowest BCUT2D eigenvalue weighted by molar-refractivity contribution is 0.476. The third-order valence-corrected chi connectivity index (χ3v) is 6.14. The first-order chi connectivity index (χ1) is 11.0. The Morgan fingerprint density at radius 1 is 1.04 bits per heavy atom. The zero-order valence-corrected chi connectivity index (χ0v) is 13.9. The van der Waals surface area contributed by atoms with Crippen LogP contribution in [-0.4, -0.2) is 30.4 Å². The number of sulfonamides is 1. The Labute approximate surface area is 136 Å². The molecular weight excluding hydrogens is 312 g/mol. The van der Waals surface area contributed by atoms with Crippen molar-refractivity contribution in [1.29, 1.82) is 0 Å². The van der Waals surface area contributed by atoms with Crippen molar-refractivity contribution < 1.29 is 8.42 Å². The number of aromatic nitrogens is 1. The van der Waals surface area contributed by atoms with Gasteiger partial charge in [0.1, 0.15) is 0 Å². The second-order valence-corrected chi connectivity index (χ2v) is 7.81. The van der Waals surface area contributed by atoms with E-state index in [-0.39, 0.29) is 10.5 Å². The van der Waals surface area contributed by atoms with Gasteiger partial charge < -0.3 is 4.57 Å². The largest absolute Gasteiger partial charge is 0.310 e. The van der Waals surface area contributed by atoms with E-state index in [0.29, 0.717) is 19.6 Å². The predicted octanol–water partition coefficient (Wildman–Crippen LogP) is 1.99. The van der Waals surface area contributed by atoms with Crippen molar-refractivity contribution in [3.8, 4) is 0 Å². The minimum atomic E-state index is -3.51. The predicted molar refractivity (Wildman–Crippen MR) is 89.0 cm³/mol. The molecule has 1 saturated heterocycles. The van der Waals surface area contributed by atoms with Crippen molar-refractivity contribution in [3.05, 3.63) is 64.1 Å². The molecule has 2 aromatic rings. The van der Waals surface area contributed by atoms with Crippen molar-refractivity contribution in [2.24, 2.45) is 0 Å². The summed E-state index contributed by atoms with van der Waals surface area (Å²) in [5.41, 5.74) is 1.88. The van der Waals surface area contributed by atoms with Crippen LogP contribution in [0.3, 0.4) is 0 Å². The van der Waals surface area contributed by atoms with Gasteiger partial charge in [-0.25, -0.2) is 8.42 Å². The molecule has 1 fully saturated rings. The Morgan fingerprint density at radius 2 is 1.74 bits per heavy atom. The van der Waals surface area contributed by atoms with Gasteiger partial charge in [-0.05, 0) is 37.0 Å². The fraction of sp³-hybridized carbons (Fsp3) is 0.353. The summed E-state index contributed by atoms with van der Waals surface area (Å²) in [7, 11) is -3.51. The quantitative estimate of drug-likeness (QED) is 0.860. The van der Waals surface area contributed by atoms with Crippen LogP contribution >= 0.6 is 0 Å². The van der Waals surface area contributed by atoms with Gasteiger partial charge in [0.25, 0.3) is 5.56 Å². The van der Waals surface area contributed by atoms with E-state index in [4.69, 9.17) is 0 Å². The van der Waals surface area contributed by atoms with Gasteiger partial charge in [0, 0.05) is 25.4 Å². The SMILES string of the molecule is Cc1ccccc1Cn1cc(S(=O)(=O)N2CCCC2)ccc1=O. The second-order valence-electron chi connectivity index (χ2n) is 5.87. The van der Waals surface area contributed by atoms with Gasteiger partial charge in [-0.3, -0.25) is 4.79 Å². The monoisotopic (exact) mass is 332 g/mol. The van der Waals surface area contributed by atoms with Crippen molar-refractivity contribution in [2.75, 3.05) is 13.1 Å². The van der Waals surface area contributed by atoms with Crippen LogP contribution in [0.5, 0.6) is 0 Å². The van der Waals surface area contributed by atoms with Gasteiger partial charge >= 0.3 is 0 Å². The molecular formula is C17H20N2O3S. The van der Waals surface area contributed by atoms with E-state index in [1.807, 2.05) is 31.2 Å². The third-order valence-electron chi connectivity index (χ3n) is 4.26. The Bertz CT molecular complexity index is 865. The van der Waals surface area contributed by atoms with Crippen LogP contribution in [0.25, 0.3) is 0 Å². The zero-order chi connectivity index (χ0) is 16.4. The Hall–Kier alpha value is -1.92. The zero-order valence-electron chi connectivity index (χ0n) is 13.1. The molecule has 0 spiro atoms. The fourth-order valence-electron chi connectivity index (χ4n) is 2.83. The lowest BCUT2D eigenvalue weighted by atomic mass is 10.1. The summed E-state index contributed by atoms with van der Waals surface area (Å²) in [6, 6.07) is 10.5. The van der Waals surface area contributed by atoms with Crippen molar-refractivity contribution in [3.63, 3.8) is 0 Å². The van der Waals surface area contributed by atoms with Crippen molar-refractivity contribution >= 4 is 10.0 Å². The number of nitrogens with zero attached hydrogens (tertiary/aromatic N) is 2. The highest BCUT2D eigenvalue weighted by molar-refractivity contribution is 7.89. The average molecular weight is 332 g/mol. The number of aryl methyl sites for hydroxylation is 1. The van der Waals surface area contributed by atoms with E-state index in [1.165, 1.54) is 27.2 Å². The van der Waals surface area contributed by atoms with Crippen LogP contribution in [0.4, 0.5) is 0 Å². The molecule has 23 heavy (non-hydrogen) atoms. The summed E-state index contributed by atoms with van der Waals surface area (Å²) in [6.45, 7) is 3.46. The summed E-state index contributed by atoms with van der Waals surface area (Å²) in [6.07, 6.45) is 3.24. The normalized spacial score (nSPS) is 15.9. The van der Waals surface area contributed by atoms with Crippen molar-refractivity contribution in [1.82, 2.24) is 8.87 Å². The molecule has 0 bridgehead atoms. The molecule has 5 nitrogen and oxygen atoms in total. The molecule has 0 amide bonds. The Morgan fingerprint density at radius 3 is 2.43 bits per heavy atom. The average Bonchev–Trinajstić information content (AvgIpc) is 3.06. The number of hydrogen-bond donors (Lipinski definition) is 0. The van der Waals surface area contributed by atoms with Gasteiger partial charge in [-0.1, -0.05) is 24.3 Å². The first-order valence-corrected chi connectivity index (χ1v) is 9.17. The lowest BCUT2D eigenvalue weighted by Gasteiger charge is -2.16. The molecule has 1 aromatic heterocycles. The smallest absolute Gasteiger partial charge is 0.250 e. The summed E-state index contributed by atoms with van der Waals surface area (Å²) >= 11 is 0. The third kappa shape index (κ3) is 3.23. The molecule has 0 N–H and O–H groups in total. The Balaban J connectivity index is 1.97. The molecule has 0 radical (unpaired) electrons. The molecule has 1 aliphatic heterocycles. The molecule has 0 saturated carbocycles. The van der Waals surface area contributed by atoms with Crippen LogP contribution in [0.1, 0.15) is 24.0 Å². The van der Waals surface area contributed by atoms with Crippen LogP contribution in [0.2, 0.25) is 0 Å². The number of pyridine rings is 1. The Kier molecular flexibility index (Phi) is 4.37. The van der Waals surface area contributed by atoms with Gasteiger partial charge in [0.05, 0.1) is 11.4 Å². The molecule has 122 valence electrons. The second kappa shape index (κ2) is 6.29. The summed E-state index contributed by atoms with van der Waals surface area (Å²) in [5.74, 6) is 0. The molecule has 0 atom stereocenters. The van der Waals surface area contributed by atoms with E-state index < -0.39 is 10.0 Å². The van der Waals surface area contributed by atoms with Crippen LogP contribution < -0.4 is 5.56 Å². The standard InChI is InChI=1S/C17H20N2O3S/c1-14-6-2-3-7-15(14)12-18-13-16(8-9-17(18)20)23(21,22)19-10-4-5-11-19/h2-3,6-9,13H,4-5,10-12H2,1H3. The molecule has 1 aromatic carbocycles. The molecule has 1 aliphatic rings. The lowest BCUT2D eigenvalue weighted by Crippen LogP contribution is -2.29. The van der Waals surface area contributed by atoms with E-state index >= 15 is 0 Å². The maximum Gasteiger partial charge on any atom is 0.250 e. The first-order valence-electron chi connectivity index (χ1n) is 7.73. The summed E-state index contributed by atoms with van der Waals surface area (Å²) < 4.78 is 28.2. The molecule has 0 aliphatic carbocycles. The van der Waals surface area contributed by atoms with Gasteiger partial charge in [-0.2, -0.15) is 4.31 Å².